The topological polar surface area (TPSA) is 129 Å². The quantitative estimate of drug-likeness (QED) is 0.270. The molecule has 0 bridgehead atoms. The van der Waals surface area contributed by atoms with E-state index in [1.165, 1.54) is 12.1 Å². The average molecular weight is 336 g/mol. The molecule has 0 fully saturated rings. The SMILES string of the molecule is O=S(=O)([O-])O.Oc1ccc(-c2ccc3ccccc3[o+]2)cc1O. The summed E-state index contributed by atoms with van der Waals surface area (Å²) in [5, 5.41) is 19.8. The predicted octanol–water partition coefficient (Wildman–Crippen LogP) is 2.80. The molecular weight excluding hydrogens is 324 g/mol. The maximum Gasteiger partial charge on any atom is 0.360 e. The lowest BCUT2D eigenvalue weighted by Gasteiger charge is -1.97. The normalized spacial score (nSPS) is 10.9. The Hall–Kier alpha value is -2.68. The van der Waals surface area contributed by atoms with Crippen LogP contribution in [0.1, 0.15) is 0 Å². The second kappa shape index (κ2) is 6.61. The third kappa shape index (κ3) is 4.92. The fraction of sp³-hybridized carbons (Fsp3) is 0. The number of hydrogen-bond donors (Lipinski definition) is 3. The van der Waals surface area contributed by atoms with E-state index in [1.807, 2.05) is 36.4 Å². The molecule has 120 valence electrons. The highest BCUT2D eigenvalue weighted by Gasteiger charge is 2.15. The van der Waals surface area contributed by atoms with Crippen molar-refractivity contribution in [2.75, 3.05) is 0 Å². The summed E-state index contributed by atoms with van der Waals surface area (Å²) in [7, 11) is -4.92. The minimum absolute atomic E-state index is 0.139. The first-order chi connectivity index (χ1) is 10.7. The predicted molar refractivity (Wildman–Crippen MR) is 81.7 cm³/mol. The molecule has 23 heavy (non-hydrogen) atoms. The molecule has 3 aromatic rings. The van der Waals surface area contributed by atoms with Gasteiger partial charge in [-0.3, -0.25) is 4.55 Å². The van der Waals surface area contributed by atoms with Crippen molar-refractivity contribution in [3.8, 4) is 22.8 Å². The van der Waals surface area contributed by atoms with Gasteiger partial charge in [0.05, 0.1) is 10.9 Å². The molecule has 0 saturated heterocycles. The van der Waals surface area contributed by atoms with Crippen molar-refractivity contribution >= 4 is 21.4 Å². The van der Waals surface area contributed by atoms with Gasteiger partial charge >= 0.3 is 11.3 Å². The molecule has 0 unspecified atom stereocenters. The van der Waals surface area contributed by atoms with Crippen LogP contribution in [0.15, 0.2) is 59.0 Å². The minimum atomic E-state index is -4.92. The fourth-order valence-corrected chi connectivity index (χ4v) is 1.86. The van der Waals surface area contributed by atoms with Crippen LogP contribution >= 0.6 is 0 Å². The summed E-state index contributed by atoms with van der Waals surface area (Å²) in [5.41, 5.74) is 1.50. The third-order valence-corrected chi connectivity index (χ3v) is 2.81. The zero-order valence-electron chi connectivity index (χ0n) is 11.6. The summed E-state index contributed by atoms with van der Waals surface area (Å²) in [4.78, 5) is 0. The van der Waals surface area contributed by atoms with E-state index in [1.54, 1.807) is 6.07 Å². The lowest BCUT2D eigenvalue weighted by Crippen LogP contribution is -1.90. The molecule has 2 aromatic carbocycles. The van der Waals surface area contributed by atoms with Crippen molar-refractivity contribution in [1.29, 1.82) is 0 Å². The van der Waals surface area contributed by atoms with Gasteiger partial charge < -0.3 is 14.8 Å². The zero-order valence-corrected chi connectivity index (χ0v) is 12.4. The molecule has 0 amide bonds. The van der Waals surface area contributed by atoms with Gasteiger partial charge in [0.2, 0.25) is 10.4 Å². The van der Waals surface area contributed by atoms with Crippen molar-refractivity contribution in [1.82, 2.24) is 0 Å². The number of phenolic OH excluding ortho intramolecular Hbond substituents is 2. The van der Waals surface area contributed by atoms with E-state index in [2.05, 4.69) is 0 Å². The van der Waals surface area contributed by atoms with Crippen molar-refractivity contribution in [3.05, 3.63) is 54.6 Å². The summed E-state index contributed by atoms with van der Waals surface area (Å²) in [6.07, 6.45) is 0. The molecule has 0 atom stereocenters. The standard InChI is InChI=1S/C15H10O3.H2O4S/c16-12-7-5-11(9-13(12)17)15-8-6-10-3-1-2-4-14(10)18-15;1-5(2,3)4/h1-9H,(H-,16,17);(H2,1,2,3,4). The Kier molecular flexibility index (Phi) is 4.80. The van der Waals surface area contributed by atoms with Gasteiger partial charge in [0, 0.05) is 18.2 Å². The first kappa shape index (κ1) is 16.7. The summed E-state index contributed by atoms with van der Waals surface area (Å²) in [6, 6.07) is 16.1. The second-order valence-corrected chi connectivity index (χ2v) is 5.32. The summed E-state index contributed by atoms with van der Waals surface area (Å²) in [5.74, 6) is 0.347. The van der Waals surface area contributed by atoms with Gasteiger partial charge in [-0.25, -0.2) is 12.8 Å². The zero-order chi connectivity index (χ0) is 17.0. The van der Waals surface area contributed by atoms with Crippen molar-refractivity contribution < 1.29 is 32.2 Å². The lowest BCUT2D eigenvalue weighted by molar-refractivity contribution is 0.366. The molecule has 3 N–H and O–H groups in total. The first-order valence-electron chi connectivity index (χ1n) is 6.26. The maximum atomic E-state index is 9.48. The number of aromatic hydroxyl groups is 2. The number of para-hydroxylation sites is 1. The van der Waals surface area contributed by atoms with Gasteiger partial charge in [-0.2, -0.15) is 0 Å². The Morgan fingerprint density at radius 1 is 0.913 bits per heavy atom. The number of rotatable bonds is 1. The van der Waals surface area contributed by atoms with Crippen LogP contribution in [0.4, 0.5) is 0 Å². The molecule has 3 rings (SSSR count). The number of phenols is 2. The Labute approximate surface area is 131 Å². The van der Waals surface area contributed by atoms with Crippen LogP contribution in [0.2, 0.25) is 0 Å². The van der Waals surface area contributed by atoms with E-state index >= 15 is 0 Å². The van der Waals surface area contributed by atoms with Gasteiger partial charge in [-0.05, 0) is 24.3 Å². The molecule has 0 aliphatic carbocycles. The van der Waals surface area contributed by atoms with Crippen LogP contribution in [0.3, 0.4) is 0 Å². The highest BCUT2D eigenvalue weighted by atomic mass is 32.3. The number of hydrogen-bond acceptors (Lipinski definition) is 5. The molecule has 0 radical (unpaired) electrons. The van der Waals surface area contributed by atoms with Crippen LogP contribution in [-0.4, -0.2) is 27.7 Å². The summed E-state index contributed by atoms with van der Waals surface area (Å²) in [6.45, 7) is 0. The Balaban J connectivity index is 0.000000338. The molecule has 8 heteroatoms. The Morgan fingerprint density at radius 2 is 1.57 bits per heavy atom. The van der Waals surface area contributed by atoms with E-state index in [9.17, 15) is 10.2 Å². The minimum Gasteiger partial charge on any atom is -0.726 e. The lowest BCUT2D eigenvalue weighted by atomic mass is 10.1. The number of benzene rings is 2. The molecule has 0 spiro atoms. The Bertz CT molecular complexity index is 927. The van der Waals surface area contributed by atoms with Crippen LogP contribution in [0.25, 0.3) is 22.3 Å². The van der Waals surface area contributed by atoms with E-state index in [0.29, 0.717) is 5.76 Å². The van der Waals surface area contributed by atoms with E-state index in [-0.39, 0.29) is 11.5 Å². The second-order valence-electron chi connectivity index (χ2n) is 4.47. The highest BCUT2D eigenvalue weighted by Crippen LogP contribution is 2.31. The largest absolute Gasteiger partial charge is 0.726 e. The molecule has 1 heterocycles. The summed E-state index contributed by atoms with van der Waals surface area (Å²) < 4.78 is 38.6. The van der Waals surface area contributed by atoms with Crippen LogP contribution in [0, 0.1) is 0 Å². The van der Waals surface area contributed by atoms with Crippen molar-refractivity contribution in [2.45, 2.75) is 0 Å². The molecule has 0 aliphatic heterocycles. The maximum absolute atomic E-state index is 9.48. The van der Waals surface area contributed by atoms with Crippen molar-refractivity contribution in [2.24, 2.45) is 0 Å². The Morgan fingerprint density at radius 3 is 2.22 bits per heavy atom. The third-order valence-electron chi connectivity index (χ3n) is 2.81. The van der Waals surface area contributed by atoms with Crippen LogP contribution < -0.4 is 0 Å². The van der Waals surface area contributed by atoms with Gasteiger partial charge in [0.25, 0.3) is 0 Å². The van der Waals surface area contributed by atoms with Crippen molar-refractivity contribution in [3.63, 3.8) is 0 Å². The van der Waals surface area contributed by atoms with Gasteiger partial charge in [0.1, 0.15) is 0 Å². The monoisotopic (exact) mass is 336 g/mol. The smallest absolute Gasteiger partial charge is 0.360 e. The van der Waals surface area contributed by atoms with Gasteiger partial charge in [-0.15, -0.1) is 0 Å². The van der Waals surface area contributed by atoms with Crippen LogP contribution in [-0.2, 0) is 10.4 Å². The van der Waals surface area contributed by atoms with Gasteiger partial charge in [0.15, 0.2) is 11.5 Å². The average Bonchev–Trinajstić information content (AvgIpc) is 2.48. The van der Waals surface area contributed by atoms with Gasteiger partial charge in [-0.1, -0.05) is 12.1 Å². The molecule has 0 saturated carbocycles. The van der Waals surface area contributed by atoms with Crippen LogP contribution in [0.5, 0.6) is 11.5 Å². The molecular formula is C15H12O7S. The molecule has 1 aromatic heterocycles. The van der Waals surface area contributed by atoms with E-state index in [4.69, 9.17) is 21.9 Å². The number of fused-ring (bicyclic) bond motifs is 1. The van der Waals surface area contributed by atoms with E-state index in [0.717, 1.165) is 16.5 Å². The first-order valence-corrected chi connectivity index (χ1v) is 7.63. The highest BCUT2D eigenvalue weighted by molar-refractivity contribution is 7.79. The fourth-order valence-electron chi connectivity index (χ4n) is 1.86. The molecule has 7 nitrogen and oxygen atoms in total. The van der Waals surface area contributed by atoms with E-state index < -0.39 is 10.4 Å². The summed E-state index contributed by atoms with van der Waals surface area (Å²) >= 11 is 0. The molecule has 0 aliphatic rings.